The first-order valence-electron chi connectivity index (χ1n) is 8.40. The topological polar surface area (TPSA) is 83.1 Å². The summed E-state index contributed by atoms with van der Waals surface area (Å²) in [5, 5.41) is 7.09. The van der Waals surface area contributed by atoms with Crippen LogP contribution < -0.4 is 9.64 Å². The van der Waals surface area contributed by atoms with Crippen LogP contribution in [0.5, 0.6) is 5.88 Å². The summed E-state index contributed by atoms with van der Waals surface area (Å²) in [6, 6.07) is 0. The van der Waals surface area contributed by atoms with Crippen molar-refractivity contribution in [2.24, 2.45) is 5.92 Å². The molecule has 0 unspecified atom stereocenters. The first-order chi connectivity index (χ1) is 11.6. The average Bonchev–Trinajstić information content (AvgIpc) is 2.99. The molecule has 0 amide bonds. The number of aromatic nitrogens is 5. The number of anilines is 1. The van der Waals surface area contributed by atoms with Crippen LogP contribution in [0.3, 0.4) is 0 Å². The molecule has 1 fully saturated rings. The molecule has 0 spiro atoms. The fourth-order valence-corrected chi connectivity index (χ4v) is 2.61. The molecule has 2 aromatic rings. The molecule has 1 aliphatic rings. The number of nitrogens with zero attached hydrogens (tertiary/aromatic N) is 6. The Morgan fingerprint density at radius 2 is 1.96 bits per heavy atom. The zero-order chi connectivity index (χ0) is 16.9. The smallest absolute Gasteiger partial charge is 0.234 e. The van der Waals surface area contributed by atoms with E-state index in [0.29, 0.717) is 18.4 Å². The summed E-state index contributed by atoms with van der Waals surface area (Å²) in [5.41, 5.74) is 0. The summed E-state index contributed by atoms with van der Waals surface area (Å²) >= 11 is 0. The molecular formula is C16H25N7O. The first kappa shape index (κ1) is 16.6. The maximum absolute atomic E-state index is 5.67. The Bertz CT molecular complexity index is 649. The van der Waals surface area contributed by atoms with Gasteiger partial charge in [0.05, 0.1) is 25.5 Å². The largest absolute Gasteiger partial charge is 0.476 e. The predicted octanol–water partition coefficient (Wildman–Crippen LogP) is 1.26. The highest BCUT2D eigenvalue weighted by atomic mass is 16.5. The van der Waals surface area contributed by atoms with Gasteiger partial charge in [0.25, 0.3) is 0 Å². The summed E-state index contributed by atoms with van der Waals surface area (Å²) in [7, 11) is 0. The number of rotatable bonds is 6. The van der Waals surface area contributed by atoms with Gasteiger partial charge in [-0.05, 0) is 12.8 Å². The van der Waals surface area contributed by atoms with Gasteiger partial charge in [0.15, 0.2) is 11.6 Å². The van der Waals surface area contributed by atoms with Crippen LogP contribution in [-0.4, -0.2) is 62.8 Å². The number of aryl methyl sites for hydroxylation is 1. The van der Waals surface area contributed by atoms with Crippen molar-refractivity contribution in [3.05, 3.63) is 24.0 Å². The quantitative estimate of drug-likeness (QED) is 0.853. The lowest BCUT2D eigenvalue weighted by atomic mass is 10.2. The molecule has 0 atom stereocenters. The molecule has 1 aliphatic heterocycles. The molecule has 0 radical (unpaired) electrons. The highest BCUT2D eigenvalue weighted by Crippen LogP contribution is 2.17. The fraction of sp³-hybridized carbons (Fsp3) is 0.625. The second-order valence-electron chi connectivity index (χ2n) is 6.52. The second kappa shape index (κ2) is 7.57. The molecule has 3 rings (SSSR count). The minimum Gasteiger partial charge on any atom is -0.476 e. The Labute approximate surface area is 142 Å². The molecule has 0 bridgehead atoms. The molecule has 0 aromatic carbocycles. The Morgan fingerprint density at radius 1 is 1.17 bits per heavy atom. The van der Waals surface area contributed by atoms with E-state index >= 15 is 0 Å². The van der Waals surface area contributed by atoms with Gasteiger partial charge in [0.1, 0.15) is 5.82 Å². The summed E-state index contributed by atoms with van der Waals surface area (Å²) in [6.07, 6.45) is 3.48. The van der Waals surface area contributed by atoms with E-state index in [-0.39, 0.29) is 0 Å². The van der Waals surface area contributed by atoms with Gasteiger partial charge in [0.2, 0.25) is 5.88 Å². The molecule has 1 N–H and O–H groups in total. The van der Waals surface area contributed by atoms with E-state index in [0.717, 1.165) is 50.2 Å². The molecule has 3 heterocycles. The van der Waals surface area contributed by atoms with Crippen LogP contribution in [0.15, 0.2) is 12.4 Å². The molecule has 8 nitrogen and oxygen atoms in total. The number of nitrogens with one attached hydrogen (secondary N) is 1. The molecule has 1 saturated heterocycles. The number of ether oxygens (including phenoxy) is 1. The third-order valence-corrected chi connectivity index (χ3v) is 3.87. The Balaban J connectivity index is 1.53. The maximum atomic E-state index is 5.67. The minimum atomic E-state index is 0.471. The van der Waals surface area contributed by atoms with E-state index in [2.05, 4.69) is 48.8 Å². The lowest BCUT2D eigenvalue weighted by Crippen LogP contribution is -2.46. The number of piperazine rings is 1. The monoisotopic (exact) mass is 331 g/mol. The molecule has 2 aromatic heterocycles. The first-order valence-corrected chi connectivity index (χ1v) is 8.40. The van der Waals surface area contributed by atoms with E-state index in [4.69, 9.17) is 4.74 Å². The molecule has 0 saturated carbocycles. The van der Waals surface area contributed by atoms with Crippen molar-refractivity contribution in [3.63, 3.8) is 0 Å². The van der Waals surface area contributed by atoms with Crippen molar-refractivity contribution in [2.75, 3.05) is 37.7 Å². The van der Waals surface area contributed by atoms with Crippen LogP contribution in [0.1, 0.15) is 25.5 Å². The Hall–Kier alpha value is -2.22. The number of aromatic amines is 1. The lowest BCUT2D eigenvalue weighted by molar-refractivity contribution is 0.242. The number of H-pyrrole nitrogens is 1. The Kier molecular flexibility index (Phi) is 5.24. The summed E-state index contributed by atoms with van der Waals surface area (Å²) in [5.74, 6) is 3.66. The van der Waals surface area contributed by atoms with Gasteiger partial charge in [-0.3, -0.25) is 15.0 Å². The van der Waals surface area contributed by atoms with Gasteiger partial charge in [-0.1, -0.05) is 13.8 Å². The highest BCUT2D eigenvalue weighted by molar-refractivity contribution is 5.38. The van der Waals surface area contributed by atoms with Crippen LogP contribution in [0.4, 0.5) is 5.82 Å². The van der Waals surface area contributed by atoms with E-state index in [9.17, 15) is 0 Å². The molecule has 24 heavy (non-hydrogen) atoms. The third kappa shape index (κ3) is 4.41. The van der Waals surface area contributed by atoms with Gasteiger partial charge in [-0.2, -0.15) is 10.1 Å². The highest BCUT2D eigenvalue weighted by Gasteiger charge is 2.20. The summed E-state index contributed by atoms with van der Waals surface area (Å²) in [6.45, 7) is 11.3. The van der Waals surface area contributed by atoms with Crippen LogP contribution in [-0.2, 0) is 6.54 Å². The van der Waals surface area contributed by atoms with E-state index in [1.165, 1.54) is 0 Å². The second-order valence-corrected chi connectivity index (χ2v) is 6.52. The van der Waals surface area contributed by atoms with Gasteiger partial charge in [0, 0.05) is 26.2 Å². The minimum absolute atomic E-state index is 0.471. The number of hydrogen-bond donors (Lipinski definition) is 1. The average molecular weight is 331 g/mol. The van der Waals surface area contributed by atoms with Crippen molar-refractivity contribution in [1.29, 1.82) is 0 Å². The van der Waals surface area contributed by atoms with E-state index < -0.39 is 0 Å². The van der Waals surface area contributed by atoms with Crippen molar-refractivity contribution < 1.29 is 4.74 Å². The molecule has 130 valence electrons. The van der Waals surface area contributed by atoms with Gasteiger partial charge in [-0.25, -0.2) is 4.98 Å². The lowest BCUT2D eigenvalue weighted by Gasteiger charge is -2.34. The molecular weight excluding hydrogens is 306 g/mol. The third-order valence-electron chi connectivity index (χ3n) is 3.87. The normalized spacial score (nSPS) is 15.9. The molecule has 0 aliphatic carbocycles. The summed E-state index contributed by atoms with van der Waals surface area (Å²) < 4.78 is 5.67. The van der Waals surface area contributed by atoms with E-state index in [1.54, 1.807) is 12.4 Å². The molecule has 8 heteroatoms. The van der Waals surface area contributed by atoms with Crippen LogP contribution in [0.2, 0.25) is 0 Å². The number of hydrogen-bond acceptors (Lipinski definition) is 7. The summed E-state index contributed by atoms with van der Waals surface area (Å²) in [4.78, 5) is 17.8. The van der Waals surface area contributed by atoms with E-state index in [1.807, 2.05) is 6.92 Å². The van der Waals surface area contributed by atoms with Crippen LogP contribution in [0.25, 0.3) is 0 Å². The van der Waals surface area contributed by atoms with Gasteiger partial charge in [-0.15, -0.1) is 0 Å². The van der Waals surface area contributed by atoms with Crippen molar-refractivity contribution in [1.82, 2.24) is 30.0 Å². The zero-order valence-electron chi connectivity index (χ0n) is 14.6. The fourth-order valence-electron chi connectivity index (χ4n) is 2.61. The standard InChI is InChI=1S/C16H25N7O/c1-12(2)11-24-16-9-17-8-15(19-16)23-6-4-22(5-7-23)10-14-18-13(3)20-21-14/h8-9,12H,4-7,10-11H2,1-3H3,(H,18,20,21). The van der Waals surface area contributed by atoms with Crippen molar-refractivity contribution in [2.45, 2.75) is 27.3 Å². The van der Waals surface area contributed by atoms with Crippen LogP contribution >= 0.6 is 0 Å². The van der Waals surface area contributed by atoms with Crippen molar-refractivity contribution in [3.8, 4) is 5.88 Å². The van der Waals surface area contributed by atoms with Gasteiger partial charge < -0.3 is 9.64 Å². The van der Waals surface area contributed by atoms with Crippen LogP contribution in [0, 0.1) is 12.8 Å². The predicted molar refractivity (Wildman–Crippen MR) is 91.0 cm³/mol. The zero-order valence-corrected chi connectivity index (χ0v) is 14.6. The maximum Gasteiger partial charge on any atom is 0.234 e. The van der Waals surface area contributed by atoms with Gasteiger partial charge >= 0.3 is 0 Å². The van der Waals surface area contributed by atoms with Crippen molar-refractivity contribution >= 4 is 5.82 Å². The SMILES string of the molecule is Cc1nc(CN2CCN(c3cncc(OCC(C)C)n3)CC2)n[nH]1. The Morgan fingerprint density at radius 3 is 2.62 bits per heavy atom.